The van der Waals surface area contributed by atoms with Crippen molar-refractivity contribution in [1.29, 1.82) is 0 Å². The summed E-state index contributed by atoms with van der Waals surface area (Å²) in [7, 11) is 0. The maximum atomic E-state index is 5.28. The Balaban J connectivity index is 2.39. The van der Waals surface area contributed by atoms with Gasteiger partial charge in [0, 0.05) is 6.54 Å². The Kier molecular flexibility index (Phi) is 3.70. The predicted octanol–water partition coefficient (Wildman–Crippen LogP) is 2.50. The lowest BCUT2D eigenvalue weighted by Gasteiger charge is -1.94. The molecule has 0 radical (unpaired) electrons. The van der Waals surface area contributed by atoms with E-state index >= 15 is 0 Å². The molecule has 1 rings (SSSR count). The van der Waals surface area contributed by atoms with E-state index in [0.29, 0.717) is 0 Å². The van der Waals surface area contributed by atoms with E-state index in [0.717, 1.165) is 13.0 Å². The second-order valence-corrected chi connectivity index (χ2v) is 2.43. The molecule has 0 aromatic heterocycles. The van der Waals surface area contributed by atoms with Gasteiger partial charge in [0.1, 0.15) is 0 Å². The summed E-state index contributed by atoms with van der Waals surface area (Å²) in [6, 6.07) is 10.2. The van der Waals surface area contributed by atoms with Crippen LogP contribution in [0.5, 0.6) is 0 Å². The van der Waals surface area contributed by atoms with Crippen LogP contribution >= 0.6 is 11.6 Å². The van der Waals surface area contributed by atoms with Gasteiger partial charge >= 0.3 is 0 Å². The van der Waals surface area contributed by atoms with Crippen LogP contribution in [0, 0.1) is 0 Å². The molecule has 1 aromatic rings. The fourth-order valence-electron chi connectivity index (χ4n) is 0.887. The topological polar surface area (TPSA) is 12.4 Å². The molecule has 0 spiro atoms. The van der Waals surface area contributed by atoms with Crippen LogP contribution < -0.4 is 0 Å². The summed E-state index contributed by atoms with van der Waals surface area (Å²) in [5, 5.41) is 0. The fourth-order valence-corrected chi connectivity index (χ4v) is 0.985. The molecule has 0 amide bonds. The van der Waals surface area contributed by atoms with Gasteiger partial charge in [0.25, 0.3) is 0 Å². The van der Waals surface area contributed by atoms with Gasteiger partial charge < -0.3 is 0 Å². The minimum absolute atomic E-state index is 0.771. The largest absolute Gasteiger partial charge is 0.281 e. The highest BCUT2D eigenvalue weighted by Crippen LogP contribution is 1.98. The van der Waals surface area contributed by atoms with Gasteiger partial charge in [-0.3, -0.25) is 4.99 Å². The zero-order chi connectivity index (χ0) is 7.94. The van der Waals surface area contributed by atoms with Gasteiger partial charge in [0.15, 0.2) is 0 Å². The molecule has 0 unspecified atom stereocenters. The third-order valence-electron chi connectivity index (χ3n) is 1.44. The monoisotopic (exact) mass is 167 g/mol. The van der Waals surface area contributed by atoms with Crippen LogP contribution in [-0.2, 0) is 6.42 Å². The van der Waals surface area contributed by atoms with E-state index in [9.17, 15) is 0 Å². The van der Waals surface area contributed by atoms with Crippen LogP contribution in [0.3, 0.4) is 0 Å². The van der Waals surface area contributed by atoms with Gasteiger partial charge in [-0.15, -0.1) is 0 Å². The average molecular weight is 168 g/mol. The molecule has 0 N–H and O–H groups in total. The van der Waals surface area contributed by atoms with Crippen molar-refractivity contribution in [3.8, 4) is 0 Å². The zero-order valence-electron chi connectivity index (χ0n) is 6.20. The standard InChI is InChI=1S/C9H10ClN/c10-8-11-7-6-9-4-2-1-3-5-9/h1-5,8H,6-7H2. The van der Waals surface area contributed by atoms with Crippen molar-refractivity contribution in [3.05, 3.63) is 35.9 Å². The molecule has 11 heavy (non-hydrogen) atoms. The second-order valence-electron chi connectivity index (χ2n) is 2.24. The Morgan fingerprint density at radius 2 is 2.00 bits per heavy atom. The number of hydrogen-bond acceptors (Lipinski definition) is 1. The van der Waals surface area contributed by atoms with Crippen LogP contribution in [0.1, 0.15) is 5.56 Å². The van der Waals surface area contributed by atoms with Gasteiger partial charge in [0.2, 0.25) is 0 Å². The molecule has 1 aromatic carbocycles. The van der Waals surface area contributed by atoms with Crippen LogP contribution in [0.4, 0.5) is 0 Å². The highest BCUT2D eigenvalue weighted by Gasteiger charge is 1.87. The Morgan fingerprint density at radius 3 is 2.64 bits per heavy atom. The lowest BCUT2D eigenvalue weighted by Crippen LogP contribution is -1.87. The summed E-state index contributed by atoms with van der Waals surface area (Å²) in [5.41, 5.74) is 2.62. The van der Waals surface area contributed by atoms with Crippen molar-refractivity contribution in [3.63, 3.8) is 0 Å². The molecule has 58 valence electrons. The molecule has 2 heteroatoms. The summed E-state index contributed by atoms with van der Waals surface area (Å²) in [4.78, 5) is 3.91. The molecule has 0 saturated heterocycles. The van der Waals surface area contributed by atoms with E-state index in [1.54, 1.807) is 0 Å². The van der Waals surface area contributed by atoms with E-state index in [1.165, 1.54) is 11.2 Å². The minimum atomic E-state index is 0.771. The number of halogens is 1. The summed E-state index contributed by atoms with van der Waals surface area (Å²) in [6.07, 6.45) is 0.962. The summed E-state index contributed by atoms with van der Waals surface area (Å²) in [6.45, 7) is 0.771. The summed E-state index contributed by atoms with van der Waals surface area (Å²) in [5.74, 6) is 0. The molecule has 0 heterocycles. The first-order valence-corrected chi connectivity index (χ1v) is 3.99. The summed E-state index contributed by atoms with van der Waals surface area (Å²) < 4.78 is 0. The first-order chi connectivity index (χ1) is 5.43. The van der Waals surface area contributed by atoms with Gasteiger partial charge in [-0.1, -0.05) is 41.9 Å². The maximum Gasteiger partial charge on any atom is 0.0871 e. The molecule has 0 fully saturated rings. The molecule has 0 aliphatic rings. The molecule has 0 aliphatic carbocycles. The number of rotatable bonds is 3. The predicted molar refractivity (Wildman–Crippen MR) is 49.4 cm³/mol. The zero-order valence-corrected chi connectivity index (χ0v) is 6.96. The minimum Gasteiger partial charge on any atom is -0.281 e. The number of aliphatic imine (C=N–C) groups is 1. The first kappa shape index (κ1) is 8.28. The van der Waals surface area contributed by atoms with E-state index in [1.807, 2.05) is 18.2 Å². The fraction of sp³-hybridized carbons (Fsp3) is 0.222. The Morgan fingerprint density at radius 1 is 1.27 bits per heavy atom. The van der Waals surface area contributed by atoms with Gasteiger partial charge in [-0.05, 0) is 12.0 Å². The van der Waals surface area contributed by atoms with Gasteiger partial charge in [-0.2, -0.15) is 0 Å². The number of hydrogen-bond donors (Lipinski definition) is 0. The Bertz CT molecular complexity index is 218. The lowest BCUT2D eigenvalue weighted by molar-refractivity contribution is 0.976. The second kappa shape index (κ2) is 4.91. The highest BCUT2D eigenvalue weighted by molar-refractivity contribution is 6.56. The third-order valence-corrected chi connectivity index (χ3v) is 1.58. The number of nitrogens with zero attached hydrogens (tertiary/aromatic N) is 1. The number of benzene rings is 1. The molecular formula is C9H10ClN. The van der Waals surface area contributed by atoms with E-state index in [2.05, 4.69) is 17.1 Å². The Labute approximate surface area is 71.7 Å². The van der Waals surface area contributed by atoms with Crippen molar-refractivity contribution < 1.29 is 0 Å². The average Bonchev–Trinajstić information content (AvgIpc) is 2.07. The van der Waals surface area contributed by atoms with Crippen LogP contribution in [-0.4, -0.2) is 12.2 Å². The SMILES string of the molecule is ClC=NCCc1ccccc1. The molecule has 0 aliphatic heterocycles. The maximum absolute atomic E-state index is 5.28. The summed E-state index contributed by atoms with van der Waals surface area (Å²) >= 11 is 5.28. The third kappa shape index (κ3) is 3.19. The van der Waals surface area contributed by atoms with Gasteiger partial charge in [-0.25, -0.2) is 0 Å². The van der Waals surface area contributed by atoms with Crippen LogP contribution in [0.2, 0.25) is 0 Å². The van der Waals surface area contributed by atoms with Crippen LogP contribution in [0.15, 0.2) is 35.3 Å². The van der Waals surface area contributed by atoms with Crippen molar-refractivity contribution >= 4 is 17.3 Å². The Hall–Kier alpha value is -0.820. The van der Waals surface area contributed by atoms with E-state index < -0.39 is 0 Å². The van der Waals surface area contributed by atoms with Crippen molar-refractivity contribution in [2.45, 2.75) is 6.42 Å². The van der Waals surface area contributed by atoms with Crippen LogP contribution in [0.25, 0.3) is 0 Å². The molecule has 0 bridgehead atoms. The van der Waals surface area contributed by atoms with Crippen molar-refractivity contribution in [1.82, 2.24) is 0 Å². The van der Waals surface area contributed by atoms with E-state index in [4.69, 9.17) is 11.6 Å². The lowest BCUT2D eigenvalue weighted by atomic mass is 10.2. The van der Waals surface area contributed by atoms with Gasteiger partial charge in [0.05, 0.1) is 5.67 Å². The normalized spacial score (nSPS) is 10.6. The van der Waals surface area contributed by atoms with E-state index in [-0.39, 0.29) is 0 Å². The molecule has 1 nitrogen and oxygen atoms in total. The molecular weight excluding hydrogens is 158 g/mol. The van der Waals surface area contributed by atoms with Crippen molar-refractivity contribution in [2.75, 3.05) is 6.54 Å². The molecule has 0 saturated carbocycles. The quantitative estimate of drug-likeness (QED) is 0.614. The first-order valence-electron chi connectivity index (χ1n) is 3.56. The van der Waals surface area contributed by atoms with Crippen molar-refractivity contribution in [2.24, 2.45) is 4.99 Å². The highest BCUT2D eigenvalue weighted by atomic mass is 35.5. The smallest absolute Gasteiger partial charge is 0.0871 e. The molecule has 0 atom stereocenters.